The zero-order valence-electron chi connectivity index (χ0n) is 10.7. The smallest absolute Gasteiger partial charge is 0.0741 e. The van der Waals surface area contributed by atoms with Crippen molar-refractivity contribution >= 4 is 28.8 Å². The molecule has 0 saturated carbocycles. The summed E-state index contributed by atoms with van der Waals surface area (Å²) >= 11 is 4.57. The lowest BCUT2D eigenvalue weighted by atomic mass is 10.2. The summed E-state index contributed by atoms with van der Waals surface area (Å²) in [5.41, 5.74) is 2.05. The summed E-state index contributed by atoms with van der Waals surface area (Å²) in [6.45, 7) is 2.16. The molecule has 0 saturated heterocycles. The fourth-order valence-corrected chi connectivity index (χ4v) is 1.69. The zero-order chi connectivity index (χ0) is 12.7. The van der Waals surface area contributed by atoms with Crippen molar-refractivity contribution in [2.24, 2.45) is 4.99 Å². The van der Waals surface area contributed by atoms with Crippen LogP contribution in [-0.4, -0.2) is 44.3 Å². The van der Waals surface area contributed by atoms with Crippen LogP contribution in [0.3, 0.4) is 0 Å². The molecule has 17 heavy (non-hydrogen) atoms. The number of benzene rings is 1. The second-order valence-electron chi connectivity index (χ2n) is 4.30. The van der Waals surface area contributed by atoms with Gasteiger partial charge in [-0.1, -0.05) is 0 Å². The van der Waals surface area contributed by atoms with E-state index in [2.05, 4.69) is 65.4 Å². The van der Waals surface area contributed by atoms with Gasteiger partial charge >= 0.3 is 0 Å². The number of anilines is 1. The fourth-order valence-electron chi connectivity index (χ4n) is 1.59. The molecule has 0 atom stereocenters. The van der Waals surface area contributed by atoms with E-state index in [-0.39, 0.29) is 0 Å². The molecule has 0 aliphatic heterocycles. The SMILES string of the molecule is CN(C)CCCN(C)c1ccc(N=C=S)cc1. The zero-order valence-corrected chi connectivity index (χ0v) is 11.5. The maximum Gasteiger partial charge on any atom is 0.0741 e. The van der Waals surface area contributed by atoms with Crippen molar-refractivity contribution in [3.63, 3.8) is 0 Å². The van der Waals surface area contributed by atoms with Crippen LogP contribution in [0.1, 0.15) is 6.42 Å². The molecule has 4 heteroatoms. The van der Waals surface area contributed by atoms with Crippen molar-refractivity contribution < 1.29 is 0 Å². The van der Waals surface area contributed by atoms with E-state index >= 15 is 0 Å². The summed E-state index contributed by atoms with van der Waals surface area (Å²) in [5.74, 6) is 0. The molecule has 0 fully saturated rings. The standard InChI is InChI=1S/C13H19N3S/c1-15(2)9-4-10-16(3)13-7-5-12(6-8-13)14-11-17/h5-8H,4,9-10H2,1-3H3. The lowest BCUT2D eigenvalue weighted by Gasteiger charge is -2.20. The summed E-state index contributed by atoms with van der Waals surface area (Å²) in [7, 11) is 6.29. The van der Waals surface area contributed by atoms with Crippen LogP contribution in [0.5, 0.6) is 0 Å². The molecular weight excluding hydrogens is 230 g/mol. The van der Waals surface area contributed by atoms with E-state index in [0.717, 1.165) is 25.2 Å². The number of isothiocyanates is 1. The number of nitrogens with zero attached hydrogens (tertiary/aromatic N) is 3. The van der Waals surface area contributed by atoms with Gasteiger partial charge in [-0.2, -0.15) is 4.99 Å². The minimum atomic E-state index is 0.852. The van der Waals surface area contributed by atoms with Gasteiger partial charge in [0.05, 0.1) is 10.8 Å². The molecule has 0 bridgehead atoms. The van der Waals surface area contributed by atoms with E-state index in [0.29, 0.717) is 0 Å². The Balaban J connectivity index is 2.51. The molecule has 0 aliphatic rings. The first kappa shape index (κ1) is 13.8. The van der Waals surface area contributed by atoms with Crippen LogP contribution in [0.4, 0.5) is 11.4 Å². The maximum atomic E-state index is 4.57. The largest absolute Gasteiger partial charge is 0.375 e. The van der Waals surface area contributed by atoms with E-state index in [1.165, 1.54) is 5.69 Å². The Kier molecular flexibility index (Phi) is 5.84. The highest BCUT2D eigenvalue weighted by Crippen LogP contribution is 2.18. The Morgan fingerprint density at radius 2 is 1.76 bits per heavy atom. The minimum Gasteiger partial charge on any atom is -0.375 e. The van der Waals surface area contributed by atoms with Crippen LogP contribution in [0.2, 0.25) is 0 Å². The van der Waals surface area contributed by atoms with Crippen LogP contribution >= 0.6 is 12.2 Å². The van der Waals surface area contributed by atoms with Crippen LogP contribution in [0, 0.1) is 0 Å². The molecule has 0 radical (unpaired) electrons. The predicted octanol–water partition coefficient (Wildman–Crippen LogP) is 2.81. The normalized spacial score (nSPS) is 10.1. The molecule has 0 heterocycles. The van der Waals surface area contributed by atoms with Crippen LogP contribution < -0.4 is 4.90 Å². The predicted molar refractivity (Wildman–Crippen MR) is 77.6 cm³/mol. The number of thiocarbonyl (C=S) groups is 1. The van der Waals surface area contributed by atoms with Gasteiger partial charge in [0.1, 0.15) is 0 Å². The van der Waals surface area contributed by atoms with Gasteiger partial charge in [-0.3, -0.25) is 0 Å². The van der Waals surface area contributed by atoms with Gasteiger partial charge in [-0.05, 0) is 63.5 Å². The summed E-state index contributed by atoms with van der Waals surface area (Å²) in [6, 6.07) is 8.02. The number of aliphatic imine (C=N–C) groups is 1. The topological polar surface area (TPSA) is 18.8 Å². The third-order valence-electron chi connectivity index (χ3n) is 2.56. The highest BCUT2D eigenvalue weighted by Gasteiger charge is 2.00. The molecule has 0 unspecified atom stereocenters. The molecule has 0 N–H and O–H groups in total. The lowest BCUT2D eigenvalue weighted by Crippen LogP contribution is -2.23. The number of hydrogen-bond donors (Lipinski definition) is 0. The molecule has 0 aliphatic carbocycles. The lowest BCUT2D eigenvalue weighted by molar-refractivity contribution is 0.401. The Labute approximate surface area is 109 Å². The number of hydrogen-bond acceptors (Lipinski definition) is 4. The van der Waals surface area contributed by atoms with E-state index in [1.54, 1.807) is 0 Å². The van der Waals surface area contributed by atoms with Gasteiger partial charge < -0.3 is 9.80 Å². The van der Waals surface area contributed by atoms with Crippen molar-refractivity contribution in [1.29, 1.82) is 0 Å². The average molecular weight is 249 g/mol. The van der Waals surface area contributed by atoms with Gasteiger partial charge in [-0.25, -0.2) is 0 Å². The maximum absolute atomic E-state index is 4.57. The highest BCUT2D eigenvalue weighted by molar-refractivity contribution is 7.78. The van der Waals surface area contributed by atoms with Crippen molar-refractivity contribution in [2.75, 3.05) is 39.1 Å². The second kappa shape index (κ2) is 7.17. The Morgan fingerprint density at radius 3 is 2.29 bits per heavy atom. The molecule has 3 nitrogen and oxygen atoms in total. The Bertz CT molecular complexity index is 380. The quantitative estimate of drug-likeness (QED) is 0.570. The van der Waals surface area contributed by atoms with Crippen molar-refractivity contribution in [3.05, 3.63) is 24.3 Å². The van der Waals surface area contributed by atoms with Gasteiger partial charge in [0, 0.05) is 19.3 Å². The van der Waals surface area contributed by atoms with Gasteiger partial charge in [-0.15, -0.1) is 0 Å². The van der Waals surface area contributed by atoms with Gasteiger partial charge in [0.25, 0.3) is 0 Å². The molecule has 1 rings (SSSR count). The fraction of sp³-hybridized carbons (Fsp3) is 0.462. The summed E-state index contributed by atoms with van der Waals surface area (Å²) in [6.07, 6.45) is 1.16. The first-order valence-electron chi connectivity index (χ1n) is 5.67. The summed E-state index contributed by atoms with van der Waals surface area (Å²) < 4.78 is 0. The number of rotatable bonds is 6. The van der Waals surface area contributed by atoms with Crippen LogP contribution in [0.25, 0.3) is 0 Å². The molecule has 0 amide bonds. The van der Waals surface area contributed by atoms with E-state index in [4.69, 9.17) is 0 Å². The van der Waals surface area contributed by atoms with E-state index in [1.807, 2.05) is 12.1 Å². The molecule has 0 spiro atoms. The van der Waals surface area contributed by atoms with Gasteiger partial charge in [0.15, 0.2) is 0 Å². The molecule has 1 aromatic rings. The van der Waals surface area contributed by atoms with Crippen molar-refractivity contribution in [3.8, 4) is 0 Å². The van der Waals surface area contributed by atoms with Gasteiger partial charge in [0.2, 0.25) is 0 Å². The van der Waals surface area contributed by atoms with Crippen molar-refractivity contribution in [2.45, 2.75) is 6.42 Å². The van der Waals surface area contributed by atoms with Crippen LogP contribution in [0.15, 0.2) is 29.3 Å². The Hall–Kier alpha value is -1.22. The highest BCUT2D eigenvalue weighted by atomic mass is 32.1. The monoisotopic (exact) mass is 249 g/mol. The minimum absolute atomic E-state index is 0.852. The molecular formula is C13H19N3S. The average Bonchev–Trinajstić information content (AvgIpc) is 2.30. The molecule has 1 aromatic carbocycles. The first-order valence-corrected chi connectivity index (χ1v) is 6.08. The first-order chi connectivity index (χ1) is 8.13. The molecule has 0 aromatic heterocycles. The third-order valence-corrected chi connectivity index (χ3v) is 2.66. The Morgan fingerprint density at radius 1 is 1.12 bits per heavy atom. The van der Waals surface area contributed by atoms with Crippen molar-refractivity contribution in [1.82, 2.24) is 4.90 Å². The summed E-state index contributed by atoms with van der Waals surface area (Å²) in [4.78, 5) is 8.38. The van der Waals surface area contributed by atoms with Crippen LogP contribution in [-0.2, 0) is 0 Å². The third kappa shape index (κ3) is 5.09. The molecule has 92 valence electrons. The van der Waals surface area contributed by atoms with E-state index < -0.39 is 0 Å². The summed E-state index contributed by atoms with van der Waals surface area (Å²) in [5, 5.41) is 2.37. The van der Waals surface area contributed by atoms with E-state index in [9.17, 15) is 0 Å². The second-order valence-corrected chi connectivity index (χ2v) is 4.48.